The topological polar surface area (TPSA) is 41.5 Å². The molecule has 0 radical (unpaired) electrons. The molecule has 2 bridgehead atoms. The Labute approximate surface area is 117 Å². The van der Waals surface area contributed by atoms with E-state index in [9.17, 15) is 5.11 Å². The van der Waals surface area contributed by atoms with Gasteiger partial charge >= 0.3 is 0 Å². The van der Waals surface area contributed by atoms with Crippen molar-refractivity contribution in [2.24, 2.45) is 16.7 Å². The highest BCUT2D eigenvalue weighted by Crippen LogP contribution is 2.66. The Balaban J connectivity index is 1.48. The molecule has 0 aromatic rings. The molecule has 3 fully saturated rings. The van der Waals surface area contributed by atoms with Crippen molar-refractivity contribution in [2.75, 3.05) is 13.2 Å². The van der Waals surface area contributed by atoms with E-state index >= 15 is 0 Å². The summed E-state index contributed by atoms with van der Waals surface area (Å²) >= 11 is 0. The maximum Gasteiger partial charge on any atom is 0.0897 e. The summed E-state index contributed by atoms with van der Waals surface area (Å²) in [5.74, 6) is 0.809. The van der Waals surface area contributed by atoms with E-state index in [0.29, 0.717) is 36.1 Å². The van der Waals surface area contributed by atoms with E-state index in [1.165, 1.54) is 32.1 Å². The van der Waals surface area contributed by atoms with Gasteiger partial charge in [0.1, 0.15) is 0 Å². The highest BCUT2D eigenvalue weighted by molar-refractivity contribution is 5.11. The zero-order valence-corrected chi connectivity index (χ0v) is 12.6. The molecule has 4 atom stereocenters. The summed E-state index contributed by atoms with van der Waals surface area (Å²) in [4.78, 5) is 0. The van der Waals surface area contributed by atoms with Gasteiger partial charge in [0.05, 0.1) is 18.8 Å². The molecule has 3 aliphatic carbocycles. The van der Waals surface area contributed by atoms with E-state index in [-0.39, 0.29) is 6.10 Å². The summed E-state index contributed by atoms with van der Waals surface area (Å²) in [6, 6.07) is 0.661. The number of hydrogen-bond acceptors (Lipinski definition) is 3. The Morgan fingerprint density at radius 1 is 1.26 bits per heavy atom. The summed E-state index contributed by atoms with van der Waals surface area (Å²) in [6.07, 6.45) is 6.35. The number of rotatable bonds is 6. The second-order valence-corrected chi connectivity index (χ2v) is 7.77. The van der Waals surface area contributed by atoms with Crippen LogP contribution in [0.4, 0.5) is 0 Å². The van der Waals surface area contributed by atoms with Crippen molar-refractivity contribution in [3.8, 4) is 0 Å². The van der Waals surface area contributed by atoms with Crippen LogP contribution in [0.5, 0.6) is 0 Å². The quantitative estimate of drug-likeness (QED) is 0.776. The van der Waals surface area contributed by atoms with Gasteiger partial charge in [-0.2, -0.15) is 0 Å². The number of hydrogen-bond donors (Lipinski definition) is 2. The average molecular weight is 267 g/mol. The smallest absolute Gasteiger partial charge is 0.0897 e. The molecule has 3 saturated carbocycles. The maximum absolute atomic E-state index is 9.98. The molecule has 3 aliphatic rings. The third kappa shape index (κ3) is 2.34. The monoisotopic (exact) mass is 267 g/mol. The van der Waals surface area contributed by atoms with Crippen molar-refractivity contribution in [1.29, 1.82) is 0 Å². The minimum absolute atomic E-state index is 0.307. The van der Waals surface area contributed by atoms with Crippen LogP contribution < -0.4 is 5.32 Å². The first-order valence-electron chi connectivity index (χ1n) is 7.96. The SMILES string of the molecule is CC1(C)C2CCC1(C)C(OCC(O)CNC1CC1)C2. The Kier molecular flexibility index (Phi) is 3.43. The molecule has 0 aromatic carbocycles. The van der Waals surface area contributed by atoms with Gasteiger partial charge in [0, 0.05) is 12.6 Å². The van der Waals surface area contributed by atoms with Crippen molar-refractivity contribution in [3.63, 3.8) is 0 Å². The van der Waals surface area contributed by atoms with Crippen LogP contribution in [0, 0.1) is 16.7 Å². The number of aliphatic hydroxyl groups is 1. The van der Waals surface area contributed by atoms with E-state index in [1.807, 2.05) is 0 Å². The first-order valence-corrected chi connectivity index (χ1v) is 7.96. The van der Waals surface area contributed by atoms with Gasteiger partial charge in [-0.1, -0.05) is 20.8 Å². The van der Waals surface area contributed by atoms with Crippen molar-refractivity contribution < 1.29 is 9.84 Å². The first-order chi connectivity index (χ1) is 8.93. The van der Waals surface area contributed by atoms with Gasteiger partial charge in [-0.25, -0.2) is 0 Å². The fourth-order valence-electron chi connectivity index (χ4n) is 4.26. The van der Waals surface area contributed by atoms with Crippen molar-refractivity contribution >= 4 is 0 Å². The first kappa shape index (κ1) is 13.8. The Hall–Kier alpha value is -0.120. The summed E-state index contributed by atoms with van der Waals surface area (Å²) < 4.78 is 6.10. The molecular weight excluding hydrogens is 238 g/mol. The molecule has 4 unspecified atom stereocenters. The molecule has 3 heteroatoms. The molecule has 3 nitrogen and oxygen atoms in total. The molecule has 0 saturated heterocycles. The van der Waals surface area contributed by atoms with E-state index in [0.717, 1.165) is 5.92 Å². The summed E-state index contributed by atoms with van der Waals surface area (Å²) in [7, 11) is 0. The van der Waals surface area contributed by atoms with Crippen LogP contribution in [0.25, 0.3) is 0 Å². The van der Waals surface area contributed by atoms with Crippen molar-refractivity contribution in [1.82, 2.24) is 5.32 Å². The highest BCUT2D eigenvalue weighted by atomic mass is 16.5. The van der Waals surface area contributed by atoms with Gasteiger partial charge in [-0.3, -0.25) is 0 Å². The van der Waals surface area contributed by atoms with Gasteiger partial charge < -0.3 is 15.2 Å². The predicted octanol–water partition coefficient (Wildman–Crippen LogP) is 2.33. The molecular formula is C16H29NO2. The molecule has 0 spiro atoms. The van der Waals surface area contributed by atoms with E-state index in [2.05, 4.69) is 26.1 Å². The molecule has 0 aliphatic heterocycles. The normalized spacial score (nSPS) is 41.7. The summed E-state index contributed by atoms with van der Waals surface area (Å²) in [5.41, 5.74) is 0.705. The Morgan fingerprint density at radius 3 is 2.53 bits per heavy atom. The van der Waals surface area contributed by atoms with Crippen LogP contribution in [-0.2, 0) is 4.74 Å². The zero-order valence-electron chi connectivity index (χ0n) is 12.6. The molecule has 3 rings (SSSR count). The number of ether oxygens (including phenoxy) is 1. The van der Waals surface area contributed by atoms with Gasteiger partial charge in [0.25, 0.3) is 0 Å². The third-order valence-electron chi connectivity index (χ3n) is 6.42. The van der Waals surface area contributed by atoms with Gasteiger partial charge in [-0.05, 0) is 48.9 Å². The average Bonchev–Trinajstić information content (AvgIpc) is 3.12. The van der Waals surface area contributed by atoms with Gasteiger partial charge in [0.15, 0.2) is 0 Å². The van der Waals surface area contributed by atoms with Crippen molar-refractivity contribution in [2.45, 2.75) is 71.1 Å². The van der Waals surface area contributed by atoms with Crippen LogP contribution in [0.15, 0.2) is 0 Å². The van der Waals surface area contributed by atoms with Crippen molar-refractivity contribution in [3.05, 3.63) is 0 Å². The largest absolute Gasteiger partial charge is 0.389 e. The molecule has 0 heterocycles. The van der Waals surface area contributed by atoms with Crippen LogP contribution in [0.3, 0.4) is 0 Å². The molecule has 110 valence electrons. The fraction of sp³-hybridized carbons (Fsp3) is 1.00. The fourth-order valence-corrected chi connectivity index (χ4v) is 4.26. The van der Waals surface area contributed by atoms with E-state index in [4.69, 9.17) is 4.74 Å². The number of fused-ring (bicyclic) bond motifs is 2. The lowest BCUT2D eigenvalue weighted by Gasteiger charge is -2.39. The highest BCUT2D eigenvalue weighted by Gasteiger charge is 2.61. The Bertz CT molecular complexity index is 340. The minimum Gasteiger partial charge on any atom is -0.389 e. The lowest BCUT2D eigenvalue weighted by molar-refractivity contribution is -0.0742. The minimum atomic E-state index is -0.355. The van der Waals surface area contributed by atoms with Crippen LogP contribution >= 0.6 is 0 Å². The van der Waals surface area contributed by atoms with Gasteiger partial charge in [0.2, 0.25) is 0 Å². The lowest BCUT2D eigenvalue weighted by atomic mass is 9.70. The molecule has 0 aromatic heterocycles. The second kappa shape index (κ2) is 4.71. The van der Waals surface area contributed by atoms with Gasteiger partial charge in [-0.15, -0.1) is 0 Å². The molecule has 19 heavy (non-hydrogen) atoms. The molecule has 2 N–H and O–H groups in total. The van der Waals surface area contributed by atoms with E-state index in [1.54, 1.807) is 0 Å². The standard InChI is InChI=1S/C16H29NO2/c1-15(2)11-6-7-16(15,3)14(8-11)19-10-13(18)9-17-12-4-5-12/h11-14,17-18H,4-10H2,1-3H3. The maximum atomic E-state index is 9.98. The second-order valence-electron chi connectivity index (χ2n) is 7.77. The Morgan fingerprint density at radius 2 is 2.00 bits per heavy atom. The lowest BCUT2D eigenvalue weighted by Crippen LogP contribution is -2.40. The number of aliphatic hydroxyl groups excluding tert-OH is 1. The summed E-state index contributed by atoms with van der Waals surface area (Å²) in [5, 5.41) is 13.3. The predicted molar refractivity (Wildman–Crippen MR) is 76.0 cm³/mol. The zero-order chi connectivity index (χ0) is 13.7. The number of nitrogens with one attached hydrogen (secondary N) is 1. The van der Waals surface area contributed by atoms with Crippen LogP contribution in [0.1, 0.15) is 52.9 Å². The van der Waals surface area contributed by atoms with E-state index < -0.39 is 0 Å². The van der Waals surface area contributed by atoms with Crippen LogP contribution in [0.2, 0.25) is 0 Å². The van der Waals surface area contributed by atoms with Crippen LogP contribution in [-0.4, -0.2) is 36.5 Å². The summed E-state index contributed by atoms with van der Waals surface area (Å²) in [6.45, 7) is 8.36. The third-order valence-corrected chi connectivity index (χ3v) is 6.42. The molecule has 0 amide bonds.